The average molecular weight is 336 g/mol. The number of nitriles is 1. The highest BCUT2D eigenvalue weighted by molar-refractivity contribution is 7.89. The summed E-state index contributed by atoms with van der Waals surface area (Å²) in [6.07, 6.45) is 1.02. The molecule has 0 radical (unpaired) electrons. The molecule has 0 saturated carbocycles. The molecule has 6 nitrogen and oxygen atoms in total. The topological polar surface area (TPSA) is 87.5 Å². The molecule has 0 spiro atoms. The highest BCUT2D eigenvalue weighted by Crippen LogP contribution is 2.26. The second-order valence-corrected chi connectivity index (χ2v) is 7.96. The minimum absolute atomic E-state index is 0.163. The first-order chi connectivity index (χ1) is 10.8. The van der Waals surface area contributed by atoms with Gasteiger partial charge in [0.25, 0.3) is 0 Å². The van der Waals surface area contributed by atoms with Crippen LogP contribution in [0, 0.1) is 23.2 Å². The summed E-state index contributed by atoms with van der Waals surface area (Å²) in [4.78, 5) is 11.8. The number of carbonyl (C=O) groups is 1. The van der Waals surface area contributed by atoms with Crippen molar-refractivity contribution >= 4 is 16.0 Å². The van der Waals surface area contributed by atoms with Crippen LogP contribution in [-0.4, -0.2) is 38.4 Å². The van der Waals surface area contributed by atoms with Crippen molar-refractivity contribution in [1.82, 2.24) is 4.31 Å². The summed E-state index contributed by atoms with van der Waals surface area (Å²) in [6.45, 7) is 4.79. The van der Waals surface area contributed by atoms with E-state index in [0.29, 0.717) is 24.9 Å². The van der Waals surface area contributed by atoms with Crippen molar-refractivity contribution in [2.75, 3.05) is 19.7 Å². The Morgan fingerprint density at radius 3 is 2.35 bits per heavy atom. The summed E-state index contributed by atoms with van der Waals surface area (Å²) in [6, 6.07) is 7.33. The number of piperidine rings is 1. The lowest BCUT2D eigenvalue weighted by atomic mass is 9.94. The third-order valence-electron chi connectivity index (χ3n) is 3.83. The van der Waals surface area contributed by atoms with Crippen LogP contribution in [0.5, 0.6) is 0 Å². The van der Waals surface area contributed by atoms with Crippen molar-refractivity contribution in [3.63, 3.8) is 0 Å². The molecule has 1 aliphatic heterocycles. The minimum Gasteiger partial charge on any atom is -0.447 e. The maximum absolute atomic E-state index is 12.7. The molecule has 23 heavy (non-hydrogen) atoms. The van der Waals surface area contributed by atoms with Crippen LogP contribution < -0.4 is 0 Å². The van der Waals surface area contributed by atoms with Gasteiger partial charge in [0, 0.05) is 13.1 Å². The van der Waals surface area contributed by atoms with Gasteiger partial charge in [-0.2, -0.15) is 9.57 Å². The van der Waals surface area contributed by atoms with Gasteiger partial charge in [0.2, 0.25) is 10.0 Å². The fraction of sp³-hybridized carbons (Fsp3) is 0.500. The molecule has 2 rings (SSSR count). The molecule has 1 fully saturated rings. The van der Waals surface area contributed by atoms with Crippen LogP contribution in [0.25, 0.3) is 0 Å². The van der Waals surface area contributed by atoms with E-state index in [4.69, 9.17) is 5.26 Å². The van der Waals surface area contributed by atoms with Crippen molar-refractivity contribution in [2.45, 2.75) is 25.2 Å². The van der Waals surface area contributed by atoms with Gasteiger partial charge in [0.05, 0.1) is 10.5 Å². The van der Waals surface area contributed by atoms with Crippen LogP contribution in [0.4, 0.5) is 0 Å². The first-order valence-electron chi connectivity index (χ1n) is 7.49. The molecule has 1 heterocycles. The Hall–Kier alpha value is -1.91. The summed E-state index contributed by atoms with van der Waals surface area (Å²) < 4.78 is 31.6. The normalized spacial score (nSPS) is 22.3. The third kappa shape index (κ3) is 4.09. The Morgan fingerprint density at radius 1 is 1.26 bits per heavy atom. The smallest absolute Gasteiger partial charge is 0.339 e. The molecule has 7 heteroatoms. The zero-order valence-electron chi connectivity index (χ0n) is 13.2. The van der Waals surface area contributed by atoms with Crippen molar-refractivity contribution < 1.29 is 17.9 Å². The van der Waals surface area contributed by atoms with Crippen LogP contribution in [0.1, 0.15) is 30.6 Å². The lowest BCUT2D eigenvalue weighted by molar-refractivity contribution is 0.0555. The Kier molecular flexibility index (Phi) is 5.39. The number of sulfonamides is 1. The molecule has 0 unspecified atom stereocenters. The standard InChI is InChI=1S/C16H20N2O4S/c1-12-9-13(2)11-18(10-12)23(20,21)15-5-3-14(4-6-15)16(19)22-8-7-17/h3-6,12-13H,8-11H2,1-2H3/t12-,13-/m0/s1. The van der Waals surface area contributed by atoms with Gasteiger partial charge in [-0.15, -0.1) is 0 Å². The Balaban J connectivity index is 2.17. The molecule has 2 atom stereocenters. The van der Waals surface area contributed by atoms with E-state index in [0.717, 1.165) is 6.42 Å². The second-order valence-electron chi connectivity index (χ2n) is 6.03. The summed E-state index contributed by atoms with van der Waals surface area (Å²) in [5.41, 5.74) is 0.222. The van der Waals surface area contributed by atoms with E-state index in [2.05, 4.69) is 4.74 Å². The van der Waals surface area contributed by atoms with Crippen molar-refractivity contribution in [3.05, 3.63) is 29.8 Å². The highest BCUT2D eigenvalue weighted by atomic mass is 32.2. The van der Waals surface area contributed by atoms with Gasteiger partial charge in [0.15, 0.2) is 6.61 Å². The Bertz CT molecular complexity index is 697. The van der Waals surface area contributed by atoms with E-state index in [9.17, 15) is 13.2 Å². The first kappa shape index (κ1) is 17.4. The molecule has 0 aromatic heterocycles. The fourth-order valence-electron chi connectivity index (χ4n) is 2.90. The van der Waals surface area contributed by atoms with Crippen LogP contribution in [-0.2, 0) is 14.8 Å². The summed E-state index contributed by atoms with van der Waals surface area (Å²) in [5.74, 6) is 0.0123. The van der Waals surface area contributed by atoms with E-state index in [1.165, 1.54) is 28.6 Å². The maximum Gasteiger partial charge on any atom is 0.339 e. The largest absolute Gasteiger partial charge is 0.447 e. The SMILES string of the molecule is C[C@H]1C[C@H](C)CN(S(=O)(=O)c2ccc(C(=O)OCC#N)cc2)C1. The third-order valence-corrected chi connectivity index (χ3v) is 5.68. The molecular weight excluding hydrogens is 316 g/mol. The van der Waals surface area contributed by atoms with E-state index in [-0.39, 0.29) is 17.1 Å². The quantitative estimate of drug-likeness (QED) is 0.785. The fourth-order valence-corrected chi connectivity index (χ4v) is 4.57. The molecule has 0 aliphatic carbocycles. The molecule has 1 aromatic rings. The number of carbonyl (C=O) groups excluding carboxylic acids is 1. The molecule has 1 aromatic carbocycles. The number of nitrogens with zero attached hydrogens (tertiary/aromatic N) is 2. The molecule has 124 valence electrons. The molecule has 1 saturated heterocycles. The minimum atomic E-state index is -3.56. The van der Waals surface area contributed by atoms with E-state index >= 15 is 0 Å². The maximum atomic E-state index is 12.7. The first-order valence-corrected chi connectivity index (χ1v) is 8.93. The van der Waals surface area contributed by atoms with Crippen LogP contribution in [0.3, 0.4) is 0 Å². The highest BCUT2D eigenvalue weighted by Gasteiger charge is 2.31. The van der Waals surface area contributed by atoms with Crippen molar-refractivity contribution in [2.24, 2.45) is 11.8 Å². The van der Waals surface area contributed by atoms with Gasteiger partial charge >= 0.3 is 5.97 Å². The van der Waals surface area contributed by atoms with Crippen LogP contribution >= 0.6 is 0 Å². The van der Waals surface area contributed by atoms with Crippen molar-refractivity contribution in [3.8, 4) is 6.07 Å². The van der Waals surface area contributed by atoms with Crippen molar-refractivity contribution in [1.29, 1.82) is 5.26 Å². The number of hydrogen-bond acceptors (Lipinski definition) is 5. The molecule has 1 aliphatic rings. The number of hydrogen-bond donors (Lipinski definition) is 0. The lowest BCUT2D eigenvalue weighted by Crippen LogP contribution is -2.42. The van der Waals surface area contributed by atoms with Gasteiger partial charge in [-0.1, -0.05) is 13.8 Å². The molecule has 0 amide bonds. The zero-order valence-corrected chi connectivity index (χ0v) is 14.0. The van der Waals surface area contributed by atoms with Gasteiger partial charge in [-0.3, -0.25) is 0 Å². The van der Waals surface area contributed by atoms with Crippen LogP contribution in [0.2, 0.25) is 0 Å². The summed E-state index contributed by atoms with van der Waals surface area (Å²) in [5, 5.41) is 8.39. The summed E-state index contributed by atoms with van der Waals surface area (Å²) >= 11 is 0. The zero-order chi connectivity index (χ0) is 17.0. The van der Waals surface area contributed by atoms with Gasteiger partial charge in [-0.05, 0) is 42.5 Å². The number of esters is 1. The Morgan fingerprint density at radius 2 is 1.83 bits per heavy atom. The van der Waals surface area contributed by atoms with E-state index in [1.807, 2.05) is 13.8 Å². The number of rotatable bonds is 4. The van der Waals surface area contributed by atoms with Gasteiger partial charge in [0.1, 0.15) is 6.07 Å². The predicted octanol–water partition coefficient (Wildman–Crippen LogP) is 2.03. The molecule has 0 bridgehead atoms. The number of benzene rings is 1. The van der Waals surface area contributed by atoms with Crippen LogP contribution in [0.15, 0.2) is 29.2 Å². The summed E-state index contributed by atoms with van der Waals surface area (Å²) in [7, 11) is -3.56. The predicted molar refractivity (Wildman–Crippen MR) is 84.0 cm³/mol. The van der Waals surface area contributed by atoms with E-state index in [1.54, 1.807) is 6.07 Å². The van der Waals surface area contributed by atoms with E-state index < -0.39 is 16.0 Å². The average Bonchev–Trinajstić information content (AvgIpc) is 2.51. The molecule has 0 N–H and O–H groups in total. The second kappa shape index (κ2) is 7.11. The lowest BCUT2D eigenvalue weighted by Gasteiger charge is -2.34. The van der Waals surface area contributed by atoms with Gasteiger partial charge in [-0.25, -0.2) is 13.2 Å². The Labute approximate surface area is 136 Å². The monoisotopic (exact) mass is 336 g/mol. The van der Waals surface area contributed by atoms with Gasteiger partial charge < -0.3 is 4.74 Å². The molecular formula is C16H20N2O4S. The number of ether oxygens (including phenoxy) is 1.